The Morgan fingerprint density at radius 2 is 1.77 bits per heavy atom. The summed E-state index contributed by atoms with van der Waals surface area (Å²) in [6.07, 6.45) is 2.18. The van der Waals surface area contributed by atoms with Crippen molar-refractivity contribution in [3.8, 4) is 11.5 Å². The topological polar surface area (TPSA) is 71.0 Å². The fraction of sp³-hybridized carbons (Fsp3) is 0.458. The van der Waals surface area contributed by atoms with Crippen LogP contribution in [-0.4, -0.2) is 54.8 Å². The summed E-state index contributed by atoms with van der Waals surface area (Å²) >= 11 is 0. The number of halogens is 1. The number of nitrogens with zero attached hydrogens (tertiary/aromatic N) is 1. The Balaban J connectivity index is 1.42. The van der Waals surface area contributed by atoms with E-state index in [2.05, 4.69) is 10.2 Å². The van der Waals surface area contributed by atoms with E-state index in [4.69, 9.17) is 9.47 Å². The minimum atomic E-state index is -0.869. The lowest BCUT2D eigenvalue weighted by Crippen LogP contribution is -2.46. The molecule has 2 N–H and O–H groups in total. The summed E-state index contributed by atoms with van der Waals surface area (Å²) in [5.74, 6) is 0.860. The van der Waals surface area contributed by atoms with E-state index in [9.17, 15) is 14.3 Å². The minimum Gasteiger partial charge on any atom is -0.486 e. The zero-order valence-corrected chi connectivity index (χ0v) is 17.6. The SMILES string of the molecule is O=C(CCc1ccc(F)cc1)N[C@H](CN1CCCC1)[C@H](O)c1ccc2c(c1)OCCO2. The molecule has 0 unspecified atom stereocenters. The molecule has 1 fully saturated rings. The molecule has 1 saturated heterocycles. The van der Waals surface area contributed by atoms with Gasteiger partial charge < -0.3 is 24.8 Å². The van der Waals surface area contributed by atoms with Gasteiger partial charge in [-0.3, -0.25) is 4.79 Å². The Labute approximate surface area is 182 Å². The number of amides is 1. The van der Waals surface area contributed by atoms with Gasteiger partial charge in [0, 0.05) is 13.0 Å². The highest BCUT2D eigenvalue weighted by Crippen LogP contribution is 2.33. The molecule has 1 amide bonds. The van der Waals surface area contributed by atoms with E-state index in [1.807, 2.05) is 6.07 Å². The third-order valence-corrected chi connectivity index (χ3v) is 5.84. The number of likely N-dealkylation sites (tertiary alicyclic amines) is 1. The minimum absolute atomic E-state index is 0.134. The average molecular weight is 429 g/mol. The van der Waals surface area contributed by atoms with Crippen LogP contribution in [0.3, 0.4) is 0 Å². The van der Waals surface area contributed by atoms with E-state index < -0.39 is 12.1 Å². The highest BCUT2D eigenvalue weighted by Gasteiger charge is 2.27. The summed E-state index contributed by atoms with van der Waals surface area (Å²) in [4.78, 5) is 14.9. The molecule has 0 aliphatic carbocycles. The summed E-state index contributed by atoms with van der Waals surface area (Å²) in [6, 6.07) is 11.1. The molecule has 2 aromatic rings. The number of carbonyl (C=O) groups is 1. The number of aryl methyl sites for hydroxylation is 1. The highest BCUT2D eigenvalue weighted by atomic mass is 19.1. The molecule has 2 aliphatic rings. The number of rotatable bonds is 8. The lowest BCUT2D eigenvalue weighted by Gasteiger charge is -2.29. The third-order valence-electron chi connectivity index (χ3n) is 5.84. The number of hydrogen-bond donors (Lipinski definition) is 2. The first-order valence-corrected chi connectivity index (χ1v) is 10.9. The maximum Gasteiger partial charge on any atom is 0.220 e. The van der Waals surface area contributed by atoms with Gasteiger partial charge in [0.05, 0.1) is 6.04 Å². The normalized spacial score (nSPS) is 17.9. The Hall–Kier alpha value is -2.64. The molecule has 0 aromatic heterocycles. The van der Waals surface area contributed by atoms with Crippen molar-refractivity contribution in [3.63, 3.8) is 0 Å². The van der Waals surface area contributed by atoms with Crippen molar-refractivity contribution < 1.29 is 23.8 Å². The number of hydrogen-bond acceptors (Lipinski definition) is 5. The summed E-state index contributed by atoms with van der Waals surface area (Å²) in [5.41, 5.74) is 1.59. The van der Waals surface area contributed by atoms with Crippen molar-refractivity contribution in [1.82, 2.24) is 10.2 Å². The van der Waals surface area contributed by atoms with Crippen LogP contribution in [0, 0.1) is 5.82 Å². The van der Waals surface area contributed by atoms with Crippen molar-refractivity contribution in [3.05, 3.63) is 59.4 Å². The van der Waals surface area contributed by atoms with E-state index in [1.165, 1.54) is 12.1 Å². The molecule has 2 aromatic carbocycles. The lowest BCUT2D eigenvalue weighted by atomic mass is 10.0. The predicted octanol–water partition coefficient (Wildman–Crippen LogP) is 2.84. The monoisotopic (exact) mass is 428 g/mol. The Morgan fingerprint density at radius 1 is 1.06 bits per heavy atom. The highest BCUT2D eigenvalue weighted by molar-refractivity contribution is 5.76. The first-order chi connectivity index (χ1) is 15.1. The van der Waals surface area contributed by atoms with Gasteiger partial charge in [-0.15, -0.1) is 0 Å². The molecule has 0 radical (unpaired) electrons. The van der Waals surface area contributed by atoms with Crippen LogP contribution in [0.1, 0.15) is 36.5 Å². The van der Waals surface area contributed by atoms with Crippen LogP contribution >= 0.6 is 0 Å². The van der Waals surface area contributed by atoms with Gasteiger partial charge in [0.2, 0.25) is 5.91 Å². The van der Waals surface area contributed by atoms with Gasteiger partial charge in [-0.1, -0.05) is 18.2 Å². The number of carbonyl (C=O) groups excluding carboxylic acids is 1. The second kappa shape index (κ2) is 10.1. The van der Waals surface area contributed by atoms with Gasteiger partial charge in [-0.05, 0) is 67.7 Å². The number of aliphatic hydroxyl groups excluding tert-OH is 1. The molecule has 0 saturated carbocycles. The third kappa shape index (κ3) is 5.74. The van der Waals surface area contributed by atoms with Crippen LogP contribution < -0.4 is 14.8 Å². The summed E-state index contributed by atoms with van der Waals surface area (Å²) < 4.78 is 24.3. The molecular weight excluding hydrogens is 399 g/mol. The van der Waals surface area contributed by atoms with Gasteiger partial charge >= 0.3 is 0 Å². The van der Waals surface area contributed by atoms with E-state index >= 15 is 0 Å². The number of ether oxygens (including phenoxy) is 2. The van der Waals surface area contributed by atoms with Crippen LogP contribution in [-0.2, 0) is 11.2 Å². The van der Waals surface area contributed by atoms with Crippen molar-refractivity contribution in [2.24, 2.45) is 0 Å². The van der Waals surface area contributed by atoms with Gasteiger partial charge in [0.25, 0.3) is 0 Å². The predicted molar refractivity (Wildman–Crippen MR) is 115 cm³/mol. The van der Waals surface area contributed by atoms with Crippen LogP contribution in [0.2, 0.25) is 0 Å². The van der Waals surface area contributed by atoms with Crippen molar-refractivity contribution in [2.75, 3.05) is 32.8 Å². The molecule has 166 valence electrons. The Kier molecular flexibility index (Phi) is 7.04. The first kappa shape index (κ1) is 21.6. The largest absolute Gasteiger partial charge is 0.486 e. The van der Waals surface area contributed by atoms with Gasteiger partial charge in [-0.25, -0.2) is 4.39 Å². The molecule has 2 heterocycles. The molecule has 2 atom stereocenters. The van der Waals surface area contributed by atoms with Crippen molar-refractivity contribution in [1.29, 1.82) is 0 Å². The molecule has 0 spiro atoms. The fourth-order valence-corrected chi connectivity index (χ4v) is 4.13. The Morgan fingerprint density at radius 3 is 2.52 bits per heavy atom. The van der Waals surface area contributed by atoms with Crippen LogP contribution in [0.4, 0.5) is 4.39 Å². The van der Waals surface area contributed by atoms with Gasteiger partial charge in [0.1, 0.15) is 25.1 Å². The van der Waals surface area contributed by atoms with E-state index in [0.29, 0.717) is 43.2 Å². The summed E-state index contributed by atoms with van der Waals surface area (Å²) in [5, 5.41) is 14.2. The van der Waals surface area contributed by atoms with Crippen molar-refractivity contribution in [2.45, 2.75) is 37.8 Å². The zero-order chi connectivity index (χ0) is 21.6. The summed E-state index contributed by atoms with van der Waals surface area (Å²) in [7, 11) is 0. The number of benzene rings is 2. The number of nitrogens with one attached hydrogen (secondary N) is 1. The second-order valence-corrected chi connectivity index (χ2v) is 8.16. The molecule has 4 rings (SSSR count). The molecule has 31 heavy (non-hydrogen) atoms. The number of fused-ring (bicyclic) bond motifs is 1. The van der Waals surface area contributed by atoms with E-state index in [1.54, 1.807) is 24.3 Å². The van der Waals surface area contributed by atoms with Gasteiger partial charge in [0.15, 0.2) is 11.5 Å². The van der Waals surface area contributed by atoms with Crippen molar-refractivity contribution >= 4 is 5.91 Å². The standard InChI is InChI=1S/C24H29FN2O4/c25-19-7-3-17(4-8-19)5-10-23(28)26-20(16-27-11-1-2-12-27)24(29)18-6-9-21-22(15-18)31-14-13-30-21/h3-4,6-9,15,20,24,29H,1-2,5,10-14,16H2,(H,26,28)/t20-,24-/m1/s1. The molecule has 6 nitrogen and oxygen atoms in total. The maximum absolute atomic E-state index is 13.1. The zero-order valence-electron chi connectivity index (χ0n) is 17.6. The van der Waals surface area contributed by atoms with E-state index in [0.717, 1.165) is 31.5 Å². The van der Waals surface area contributed by atoms with Crippen LogP contribution in [0.25, 0.3) is 0 Å². The van der Waals surface area contributed by atoms with Gasteiger partial charge in [-0.2, -0.15) is 0 Å². The second-order valence-electron chi connectivity index (χ2n) is 8.16. The molecule has 0 bridgehead atoms. The average Bonchev–Trinajstić information content (AvgIpc) is 3.30. The fourth-order valence-electron chi connectivity index (χ4n) is 4.13. The van der Waals surface area contributed by atoms with Crippen LogP contribution in [0.15, 0.2) is 42.5 Å². The first-order valence-electron chi connectivity index (χ1n) is 10.9. The molecule has 2 aliphatic heterocycles. The maximum atomic E-state index is 13.1. The smallest absolute Gasteiger partial charge is 0.220 e. The lowest BCUT2D eigenvalue weighted by molar-refractivity contribution is -0.122. The van der Waals surface area contributed by atoms with E-state index in [-0.39, 0.29) is 18.1 Å². The number of aliphatic hydroxyl groups is 1. The summed E-state index contributed by atoms with van der Waals surface area (Å²) in [6.45, 7) is 3.50. The molecular formula is C24H29FN2O4. The Bertz CT molecular complexity index is 884. The quantitative estimate of drug-likeness (QED) is 0.677. The molecule has 7 heteroatoms. The van der Waals surface area contributed by atoms with Crippen LogP contribution in [0.5, 0.6) is 11.5 Å².